The summed E-state index contributed by atoms with van der Waals surface area (Å²) in [5.41, 5.74) is 3.48. The third kappa shape index (κ3) is 5.13. The van der Waals surface area contributed by atoms with E-state index in [2.05, 4.69) is 44.5 Å². The van der Waals surface area contributed by atoms with Crippen LogP contribution in [0, 0.1) is 0 Å². The van der Waals surface area contributed by atoms with E-state index in [4.69, 9.17) is 9.26 Å². The first-order valence-electron chi connectivity index (χ1n) is 10.5. The monoisotopic (exact) mass is 420 g/mol. The van der Waals surface area contributed by atoms with Crippen LogP contribution in [0.3, 0.4) is 0 Å². The van der Waals surface area contributed by atoms with Gasteiger partial charge in [0, 0.05) is 51.0 Å². The second kappa shape index (κ2) is 9.76. The maximum absolute atomic E-state index is 12.8. The zero-order valence-electron chi connectivity index (χ0n) is 18.0. The van der Waals surface area contributed by atoms with E-state index in [1.807, 2.05) is 44.4 Å². The molecule has 0 unspecified atom stereocenters. The van der Waals surface area contributed by atoms with Gasteiger partial charge >= 0.3 is 0 Å². The Bertz CT molecular complexity index is 980. The van der Waals surface area contributed by atoms with Gasteiger partial charge in [0.1, 0.15) is 0 Å². The summed E-state index contributed by atoms with van der Waals surface area (Å²) in [6, 6.07) is 19.8. The smallest absolute Gasteiger partial charge is 0.273 e. The molecule has 0 aliphatic carbocycles. The number of hydrogen-bond acceptors (Lipinski definition) is 6. The van der Waals surface area contributed by atoms with Gasteiger partial charge in [0.05, 0.1) is 19.3 Å². The Balaban J connectivity index is 1.47. The van der Waals surface area contributed by atoms with E-state index in [1.165, 1.54) is 0 Å². The molecule has 1 amide bonds. The fourth-order valence-corrected chi connectivity index (χ4v) is 3.74. The number of carbonyl (C=O) groups excluding carboxylic acids is 1. The molecule has 2 aromatic carbocycles. The number of anilines is 1. The Morgan fingerprint density at radius 1 is 1.10 bits per heavy atom. The molecule has 1 aliphatic heterocycles. The molecule has 3 aromatic rings. The number of carbonyl (C=O) groups is 1. The third-order valence-electron chi connectivity index (χ3n) is 5.54. The largest absolute Gasteiger partial charge is 0.379 e. The lowest BCUT2D eigenvalue weighted by Gasteiger charge is -2.35. The van der Waals surface area contributed by atoms with Crippen LogP contribution in [-0.2, 0) is 4.74 Å². The van der Waals surface area contributed by atoms with Crippen LogP contribution < -0.4 is 10.2 Å². The van der Waals surface area contributed by atoms with E-state index in [0.29, 0.717) is 25.5 Å². The molecular weight excluding hydrogens is 392 g/mol. The molecule has 4 rings (SSSR count). The van der Waals surface area contributed by atoms with E-state index in [0.717, 1.165) is 29.9 Å². The summed E-state index contributed by atoms with van der Waals surface area (Å²) in [4.78, 5) is 17.2. The first-order valence-corrected chi connectivity index (χ1v) is 10.5. The van der Waals surface area contributed by atoms with Crippen LogP contribution in [0.15, 0.2) is 65.2 Å². The van der Waals surface area contributed by atoms with Gasteiger partial charge in [0.15, 0.2) is 11.5 Å². The van der Waals surface area contributed by atoms with Crippen LogP contribution in [0.2, 0.25) is 0 Å². The molecule has 0 saturated carbocycles. The molecule has 31 heavy (non-hydrogen) atoms. The number of rotatable bonds is 7. The zero-order chi connectivity index (χ0) is 21.6. The number of ether oxygens (including phenoxy) is 1. The van der Waals surface area contributed by atoms with E-state index in [9.17, 15) is 4.79 Å². The highest BCUT2D eigenvalue weighted by Crippen LogP contribution is 2.24. The molecule has 1 aromatic heterocycles. The van der Waals surface area contributed by atoms with Crippen molar-refractivity contribution in [3.8, 4) is 11.3 Å². The molecule has 162 valence electrons. The maximum atomic E-state index is 12.8. The molecule has 1 fully saturated rings. The number of hydrogen-bond donors (Lipinski definition) is 1. The van der Waals surface area contributed by atoms with Crippen molar-refractivity contribution in [3.05, 3.63) is 71.9 Å². The molecule has 7 nitrogen and oxygen atoms in total. The molecule has 0 bridgehead atoms. The summed E-state index contributed by atoms with van der Waals surface area (Å²) < 4.78 is 10.9. The summed E-state index contributed by atoms with van der Waals surface area (Å²) in [5.74, 6) is 0.337. The van der Waals surface area contributed by atoms with Crippen molar-refractivity contribution < 1.29 is 14.1 Å². The Morgan fingerprint density at radius 2 is 1.81 bits per heavy atom. The second-order valence-electron chi connectivity index (χ2n) is 7.80. The number of aromatic nitrogens is 1. The van der Waals surface area contributed by atoms with Crippen LogP contribution in [0.25, 0.3) is 11.3 Å². The first kappa shape index (κ1) is 21.1. The lowest BCUT2D eigenvalue weighted by atomic mass is 10.0. The highest BCUT2D eigenvalue weighted by molar-refractivity contribution is 5.93. The van der Waals surface area contributed by atoms with Crippen molar-refractivity contribution in [1.82, 2.24) is 15.4 Å². The molecule has 0 radical (unpaired) electrons. The fourth-order valence-electron chi connectivity index (χ4n) is 3.74. The van der Waals surface area contributed by atoms with E-state index >= 15 is 0 Å². The highest BCUT2D eigenvalue weighted by Gasteiger charge is 2.24. The summed E-state index contributed by atoms with van der Waals surface area (Å²) in [5, 5.41) is 7.00. The number of morpholine rings is 1. The van der Waals surface area contributed by atoms with Gasteiger partial charge in [-0.2, -0.15) is 0 Å². The predicted octanol–water partition coefficient (Wildman–Crippen LogP) is 3.21. The molecule has 1 atom stereocenters. The van der Waals surface area contributed by atoms with Gasteiger partial charge in [-0.3, -0.25) is 9.69 Å². The number of nitrogens with one attached hydrogen (secondary N) is 1. The minimum atomic E-state index is -0.242. The average molecular weight is 421 g/mol. The first-order chi connectivity index (χ1) is 15.1. The Kier molecular flexibility index (Phi) is 6.64. The van der Waals surface area contributed by atoms with Gasteiger partial charge in [-0.15, -0.1) is 0 Å². The molecule has 7 heteroatoms. The van der Waals surface area contributed by atoms with Crippen LogP contribution in [0.4, 0.5) is 5.69 Å². The van der Waals surface area contributed by atoms with Crippen molar-refractivity contribution in [2.45, 2.75) is 6.04 Å². The quantitative estimate of drug-likeness (QED) is 0.633. The van der Waals surface area contributed by atoms with Crippen molar-refractivity contribution >= 4 is 11.6 Å². The van der Waals surface area contributed by atoms with Crippen LogP contribution in [0.1, 0.15) is 22.1 Å². The topological polar surface area (TPSA) is 70.8 Å². The van der Waals surface area contributed by atoms with E-state index in [-0.39, 0.29) is 17.6 Å². The summed E-state index contributed by atoms with van der Waals surface area (Å²) in [6.07, 6.45) is 0. The lowest BCUT2D eigenvalue weighted by molar-refractivity contribution is 0.0162. The molecule has 2 heterocycles. The summed E-state index contributed by atoms with van der Waals surface area (Å²) in [7, 11) is 4.05. The van der Waals surface area contributed by atoms with Crippen molar-refractivity contribution in [3.63, 3.8) is 0 Å². The maximum Gasteiger partial charge on any atom is 0.273 e. The SMILES string of the molecule is CN(C)c1ccc([C@@H](CNC(=O)c2cc(-c3ccccc3)on2)N2CCOCC2)cc1. The average Bonchev–Trinajstić information content (AvgIpc) is 3.31. The molecule has 1 saturated heterocycles. The van der Waals surface area contributed by atoms with Crippen LogP contribution in [0.5, 0.6) is 0 Å². The van der Waals surface area contributed by atoms with Crippen LogP contribution in [-0.4, -0.2) is 62.9 Å². The molecule has 1 N–H and O–H groups in total. The van der Waals surface area contributed by atoms with Gasteiger partial charge < -0.3 is 19.5 Å². The molecule has 0 spiro atoms. The van der Waals surface area contributed by atoms with Gasteiger partial charge in [0.25, 0.3) is 5.91 Å². The van der Waals surface area contributed by atoms with Crippen LogP contribution >= 0.6 is 0 Å². The highest BCUT2D eigenvalue weighted by atomic mass is 16.5. The van der Waals surface area contributed by atoms with E-state index in [1.54, 1.807) is 6.07 Å². The summed E-state index contributed by atoms with van der Waals surface area (Å²) >= 11 is 0. The summed E-state index contributed by atoms with van der Waals surface area (Å²) in [6.45, 7) is 3.54. The number of nitrogens with zero attached hydrogens (tertiary/aromatic N) is 3. The van der Waals surface area contributed by atoms with Crippen molar-refractivity contribution in [1.29, 1.82) is 0 Å². The van der Waals surface area contributed by atoms with Gasteiger partial charge in [-0.05, 0) is 17.7 Å². The normalized spacial score (nSPS) is 15.4. The van der Waals surface area contributed by atoms with Gasteiger partial charge in [0.2, 0.25) is 0 Å². The van der Waals surface area contributed by atoms with Gasteiger partial charge in [-0.1, -0.05) is 47.6 Å². The fraction of sp³-hybridized carbons (Fsp3) is 0.333. The minimum Gasteiger partial charge on any atom is -0.379 e. The number of amides is 1. The van der Waals surface area contributed by atoms with Crippen molar-refractivity contribution in [2.24, 2.45) is 0 Å². The minimum absolute atomic E-state index is 0.0598. The van der Waals surface area contributed by atoms with Crippen molar-refractivity contribution in [2.75, 3.05) is 51.8 Å². The third-order valence-corrected chi connectivity index (χ3v) is 5.54. The zero-order valence-corrected chi connectivity index (χ0v) is 18.0. The lowest BCUT2D eigenvalue weighted by Crippen LogP contribution is -2.43. The molecule has 1 aliphatic rings. The van der Waals surface area contributed by atoms with Gasteiger partial charge in [-0.25, -0.2) is 0 Å². The second-order valence-corrected chi connectivity index (χ2v) is 7.80. The predicted molar refractivity (Wildman–Crippen MR) is 120 cm³/mol. The molecular formula is C24H28N4O3. The Labute approximate surface area is 182 Å². The Hall–Kier alpha value is -3.16. The standard InChI is InChI=1S/C24H28N4O3/c1-27(2)20-10-8-18(9-11-20)22(28-12-14-30-15-13-28)17-25-24(29)21-16-23(31-26-21)19-6-4-3-5-7-19/h3-11,16,22H,12-15,17H2,1-2H3,(H,25,29)/t22-/m1/s1. The number of benzene rings is 2. The Morgan fingerprint density at radius 3 is 2.48 bits per heavy atom. The van der Waals surface area contributed by atoms with E-state index < -0.39 is 0 Å².